The molecule has 2 saturated heterocycles. The van der Waals surface area contributed by atoms with Gasteiger partial charge in [-0.05, 0) is 70.7 Å². The van der Waals surface area contributed by atoms with Crippen LogP contribution in [0.4, 0.5) is 16.7 Å². The third-order valence-electron chi connectivity index (χ3n) is 11.4. The van der Waals surface area contributed by atoms with E-state index in [1.165, 1.54) is 0 Å². The van der Waals surface area contributed by atoms with E-state index in [-0.39, 0.29) is 24.5 Å². The number of likely N-dealkylation sites (tertiary alicyclic amines) is 1. The molecule has 0 radical (unpaired) electrons. The van der Waals surface area contributed by atoms with Crippen LogP contribution in [0.15, 0.2) is 107 Å². The second-order valence-electron chi connectivity index (χ2n) is 17.1. The van der Waals surface area contributed by atoms with Crippen LogP contribution in [0.5, 0.6) is 0 Å². The number of aromatic nitrogens is 8. The summed E-state index contributed by atoms with van der Waals surface area (Å²) in [5.41, 5.74) is 8.94. The van der Waals surface area contributed by atoms with E-state index in [1.54, 1.807) is 29.8 Å². The number of aryl methyl sites for hydroxylation is 2. The number of halogens is 1. The van der Waals surface area contributed by atoms with Gasteiger partial charge in [-0.25, -0.2) is 24.7 Å². The van der Waals surface area contributed by atoms with E-state index in [2.05, 4.69) is 64.0 Å². The number of nitrogens with two attached hydrogens (primary N) is 1. The zero-order valence-corrected chi connectivity index (χ0v) is 37.4. The summed E-state index contributed by atoms with van der Waals surface area (Å²) in [7, 11) is 0. The van der Waals surface area contributed by atoms with Crippen molar-refractivity contribution in [1.82, 2.24) is 43.6 Å². The number of rotatable bonds is 8. The molecule has 8 aromatic rings. The molecule has 2 aliphatic heterocycles. The monoisotopic (exact) mass is 884 g/mol. The molecule has 2 aromatic carbocycles. The van der Waals surface area contributed by atoms with Crippen LogP contribution in [0, 0.1) is 13.8 Å². The van der Waals surface area contributed by atoms with Crippen molar-refractivity contribution >= 4 is 29.7 Å². The normalized spacial score (nSPS) is 14.8. The van der Waals surface area contributed by atoms with Crippen molar-refractivity contribution < 1.29 is 36.1 Å². The van der Waals surface area contributed by atoms with E-state index >= 15 is 0 Å². The minimum atomic E-state index is -0.494. The number of nitrogens with zero attached hydrogens (tertiary/aromatic N) is 9. The number of anilines is 2. The van der Waals surface area contributed by atoms with Gasteiger partial charge in [0.25, 0.3) is 0 Å². The van der Waals surface area contributed by atoms with Crippen molar-refractivity contribution in [3.05, 3.63) is 109 Å². The Kier molecular flexibility index (Phi) is 13.0. The van der Waals surface area contributed by atoms with Crippen molar-refractivity contribution in [2.45, 2.75) is 78.0 Å². The second kappa shape index (κ2) is 18.9. The van der Waals surface area contributed by atoms with Crippen LogP contribution in [0.2, 0.25) is 0 Å². The highest BCUT2D eigenvalue weighted by atomic mass is 35.5. The zero-order chi connectivity index (χ0) is 43.5. The first-order valence-corrected chi connectivity index (χ1v) is 21.6. The number of amides is 1. The second-order valence-corrected chi connectivity index (χ2v) is 17.1. The number of nitrogens with one attached hydrogen (secondary N) is 2. The SMILES string of the molecule is Cc1ccccc1-c1nc2occn2c1-c1ccnc(NC2CCN(C(=O)OC(C)(C)C)CC2)n1.Cc1ccccc1-c1nc2occn2c1-c1ccnc(NC2CC[NH2+]CC2)n1.[Cl-]. The van der Waals surface area contributed by atoms with Gasteiger partial charge in [0, 0.05) is 73.9 Å². The predicted molar refractivity (Wildman–Crippen MR) is 240 cm³/mol. The van der Waals surface area contributed by atoms with E-state index in [1.807, 2.05) is 78.4 Å². The summed E-state index contributed by atoms with van der Waals surface area (Å²) in [6, 6.07) is 20.8. The molecule has 2 fully saturated rings. The number of ether oxygens (including phenoxy) is 1. The number of carbonyl (C=O) groups is 1. The molecule has 0 unspecified atom stereocenters. The van der Waals surface area contributed by atoms with Crippen molar-refractivity contribution in [3.63, 3.8) is 0 Å². The number of fused-ring (bicyclic) bond motifs is 2. The van der Waals surface area contributed by atoms with Crippen LogP contribution in [0.1, 0.15) is 57.6 Å². The summed E-state index contributed by atoms with van der Waals surface area (Å²) >= 11 is 0. The lowest BCUT2D eigenvalue weighted by Gasteiger charge is -2.33. The Balaban J connectivity index is 0.000000176. The molecule has 6 aromatic heterocycles. The Morgan fingerprint density at radius 3 is 1.62 bits per heavy atom. The molecule has 4 N–H and O–H groups in total. The molecular weight excluding hydrogens is 832 g/mol. The first-order valence-electron chi connectivity index (χ1n) is 21.6. The van der Waals surface area contributed by atoms with Crippen LogP contribution >= 0.6 is 0 Å². The zero-order valence-electron chi connectivity index (χ0n) is 36.7. The number of hydrogen-bond donors (Lipinski definition) is 3. The fourth-order valence-corrected chi connectivity index (χ4v) is 8.20. The van der Waals surface area contributed by atoms with E-state index in [0.29, 0.717) is 42.7 Å². The van der Waals surface area contributed by atoms with Gasteiger partial charge in [0.05, 0.1) is 24.5 Å². The quantitative estimate of drug-likeness (QED) is 0.192. The highest BCUT2D eigenvalue weighted by Gasteiger charge is 2.28. The van der Waals surface area contributed by atoms with Crippen molar-refractivity contribution in [1.29, 1.82) is 0 Å². The Bertz CT molecular complexity index is 2850. The molecule has 10 rings (SSSR count). The number of hydrogen-bond acceptors (Lipinski definition) is 12. The smallest absolute Gasteiger partial charge is 0.410 e. The van der Waals surface area contributed by atoms with E-state index in [4.69, 9.17) is 33.5 Å². The van der Waals surface area contributed by atoms with E-state index < -0.39 is 5.60 Å². The Labute approximate surface area is 377 Å². The molecular formula is C47H53ClN12O4. The Morgan fingerprint density at radius 2 is 1.16 bits per heavy atom. The van der Waals surface area contributed by atoms with Gasteiger partial charge >= 0.3 is 17.8 Å². The first kappa shape index (κ1) is 43.9. The van der Waals surface area contributed by atoms with Crippen LogP contribution in [0.25, 0.3) is 57.0 Å². The van der Waals surface area contributed by atoms with Crippen LogP contribution in [-0.2, 0) is 4.74 Å². The molecule has 2 aliphatic rings. The molecule has 64 heavy (non-hydrogen) atoms. The minimum absolute atomic E-state index is 0. The number of imidazole rings is 2. The van der Waals surface area contributed by atoms with E-state index in [0.717, 1.165) is 95.2 Å². The highest BCUT2D eigenvalue weighted by molar-refractivity contribution is 5.82. The van der Waals surface area contributed by atoms with Crippen molar-refractivity contribution in [2.24, 2.45) is 0 Å². The van der Waals surface area contributed by atoms with Gasteiger partial charge in [-0.3, -0.25) is 8.80 Å². The van der Waals surface area contributed by atoms with Crippen LogP contribution in [0.3, 0.4) is 0 Å². The molecule has 0 bridgehead atoms. The minimum Gasteiger partial charge on any atom is -1.00 e. The topological polar surface area (TPSA) is 183 Å². The van der Waals surface area contributed by atoms with Gasteiger partial charge in [0.15, 0.2) is 0 Å². The van der Waals surface area contributed by atoms with Gasteiger partial charge in [-0.2, -0.15) is 9.97 Å². The first-order chi connectivity index (χ1) is 30.6. The average Bonchev–Trinajstić information content (AvgIpc) is 4.07. The van der Waals surface area contributed by atoms with Crippen LogP contribution < -0.4 is 28.4 Å². The Morgan fingerprint density at radius 1 is 0.688 bits per heavy atom. The number of quaternary nitrogens is 1. The molecule has 8 heterocycles. The standard InChI is InChI=1S/C26H30N6O3.C21H22N6O.ClH/c1-17-7-5-6-8-19(17)21-22(32-15-16-34-24(32)30-21)20-9-12-27-23(29-20)28-18-10-13-31(14-11-18)25(33)35-26(2,3)4;1-14-4-2-3-5-16(14)18-19(27-12-13-28-21(27)26-18)17-8-11-23-20(25-17)24-15-6-9-22-10-7-15;/h5-9,12,15-16,18H,10-11,13-14H2,1-4H3,(H,27,28,29);2-5,8,11-13,15,22H,6-7,9-10H2,1H3,(H,23,24,25);1H. The van der Waals surface area contributed by atoms with Crippen LogP contribution in [-0.4, -0.2) is 93.6 Å². The molecule has 17 heteroatoms. The number of benzene rings is 2. The van der Waals surface area contributed by atoms with Gasteiger partial charge in [-0.1, -0.05) is 48.5 Å². The number of piperidine rings is 2. The average molecular weight is 885 g/mol. The lowest BCUT2D eigenvalue weighted by molar-refractivity contribution is -0.662. The van der Waals surface area contributed by atoms with Gasteiger partial charge < -0.3 is 46.8 Å². The third kappa shape index (κ3) is 9.57. The fourth-order valence-electron chi connectivity index (χ4n) is 8.20. The van der Waals surface area contributed by atoms with Gasteiger partial charge in [0.2, 0.25) is 11.9 Å². The number of oxazole rings is 2. The van der Waals surface area contributed by atoms with Gasteiger partial charge in [0.1, 0.15) is 40.9 Å². The molecule has 332 valence electrons. The maximum Gasteiger partial charge on any atom is 0.410 e. The Hall–Kier alpha value is -6.78. The summed E-state index contributed by atoms with van der Waals surface area (Å²) in [5, 5.41) is 9.30. The lowest BCUT2D eigenvalue weighted by Crippen LogP contribution is -3.00. The summed E-state index contributed by atoms with van der Waals surface area (Å²) in [4.78, 5) is 42.1. The summed E-state index contributed by atoms with van der Waals surface area (Å²) < 4.78 is 20.5. The summed E-state index contributed by atoms with van der Waals surface area (Å²) in [5.74, 6) is 2.29. The lowest BCUT2D eigenvalue weighted by atomic mass is 10.0. The predicted octanol–water partition coefficient (Wildman–Crippen LogP) is 4.67. The van der Waals surface area contributed by atoms with Gasteiger partial charge in [-0.15, -0.1) is 0 Å². The summed E-state index contributed by atoms with van der Waals surface area (Å²) in [6.07, 6.45) is 14.1. The van der Waals surface area contributed by atoms with E-state index in [9.17, 15) is 4.79 Å². The maximum absolute atomic E-state index is 12.4. The molecule has 0 spiro atoms. The molecule has 0 aliphatic carbocycles. The maximum atomic E-state index is 12.4. The summed E-state index contributed by atoms with van der Waals surface area (Å²) in [6.45, 7) is 13.3. The van der Waals surface area contributed by atoms with Crippen molar-refractivity contribution in [2.75, 3.05) is 36.8 Å². The fraction of sp³-hybridized carbons (Fsp3) is 0.340. The number of carbonyl (C=O) groups excluding carboxylic acids is 1. The highest BCUT2D eigenvalue weighted by Crippen LogP contribution is 2.36. The molecule has 0 atom stereocenters. The third-order valence-corrected chi connectivity index (χ3v) is 11.4. The molecule has 16 nitrogen and oxygen atoms in total. The van der Waals surface area contributed by atoms with Crippen molar-refractivity contribution in [3.8, 4) is 45.3 Å². The largest absolute Gasteiger partial charge is 1.00 e. The molecule has 1 amide bonds. The molecule has 0 saturated carbocycles.